The van der Waals surface area contributed by atoms with Crippen molar-refractivity contribution in [1.82, 2.24) is 4.72 Å². The van der Waals surface area contributed by atoms with E-state index in [1.807, 2.05) is 4.72 Å². The van der Waals surface area contributed by atoms with Gasteiger partial charge >= 0.3 is 5.97 Å². The molecule has 1 heterocycles. The monoisotopic (exact) mass is 273 g/mol. The zero-order valence-electron chi connectivity index (χ0n) is 9.41. The summed E-state index contributed by atoms with van der Waals surface area (Å²) in [6, 6.07) is 3.16. The van der Waals surface area contributed by atoms with Gasteiger partial charge in [-0.2, -0.15) is 4.72 Å². The smallest absolute Gasteiger partial charge is 0.321 e. The third-order valence-corrected chi connectivity index (χ3v) is 3.92. The molecule has 1 atom stereocenters. The Hall–Kier alpha value is -1.80. The molecule has 0 saturated heterocycles. The highest BCUT2D eigenvalue weighted by Gasteiger charge is 2.28. The molecule has 0 fully saturated rings. The van der Waals surface area contributed by atoms with Crippen LogP contribution in [0.15, 0.2) is 23.1 Å². The van der Waals surface area contributed by atoms with Crippen molar-refractivity contribution >= 4 is 16.0 Å². The van der Waals surface area contributed by atoms with Crippen molar-refractivity contribution in [2.45, 2.75) is 17.9 Å². The first-order valence-electron chi connectivity index (χ1n) is 5.05. The van der Waals surface area contributed by atoms with Gasteiger partial charge in [-0.1, -0.05) is 6.07 Å². The van der Waals surface area contributed by atoms with Crippen molar-refractivity contribution in [3.05, 3.63) is 18.2 Å². The van der Waals surface area contributed by atoms with E-state index in [-0.39, 0.29) is 17.4 Å². The first-order valence-corrected chi connectivity index (χ1v) is 6.54. The fourth-order valence-electron chi connectivity index (χ4n) is 1.46. The lowest BCUT2D eigenvalue weighted by atomic mass is 10.3. The average molecular weight is 273 g/mol. The zero-order chi connectivity index (χ0) is 13.3. The molecule has 1 aromatic rings. The van der Waals surface area contributed by atoms with Crippen LogP contribution in [0.3, 0.4) is 0 Å². The van der Waals surface area contributed by atoms with E-state index in [1.165, 1.54) is 19.1 Å². The number of ether oxygens (including phenoxy) is 2. The van der Waals surface area contributed by atoms with Crippen molar-refractivity contribution in [2.24, 2.45) is 0 Å². The fraction of sp³-hybridized carbons (Fsp3) is 0.300. The van der Waals surface area contributed by atoms with E-state index in [0.29, 0.717) is 5.75 Å². The standard InChI is InChI=1S/C10H11NO6S/c1-6(10(12)13)11-18(14,15)8-4-2-3-7-9(8)17-5-16-7/h2-4,6,11H,5H2,1H3,(H,12,13). The van der Waals surface area contributed by atoms with Crippen LogP contribution in [0.4, 0.5) is 0 Å². The van der Waals surface area contributed by atoms with Crippen LogP contribution in [-0.4, -0.2) is 32.3 Å². The summed E-state index contributed by atoms with van der Waals surface area (Å²) < 4.78 is 36.2. The Labute approximate surface area is 103 Å². The van der Waals surface area contributed by atoms with Gasteiger partial charge in [0.15, 0.2) is 11.5 Å². The van der Waals surface area contributed by atoms with E-state index in [1.54, 1.807) is 6.07 Å². The summed E-state index contributed by atoms with van der Waals surface area (Å²) in [6.45, 7) is 1.18. The topological polar surface area (TPSA) is 102 Å². The lowest BCUT2D eigenvalue weighted by Crippen LogP contribution is -2.38. The van der Waals surface area contributed by atoms with E-state index in [4.69, 9.17) is 14.6 Å². The summed E-state index contributed by atoms with van der Waals surface area (Å²) in [5, 5.41) is 8.70. The van der Waals surface area contributed by atoms with Crippen molar-refractivity contribution in [3.63, 3.8) is 0 Å². The molecular formula is C10H11NO6S. The predicted molar refractivity (Wildman–Crippen MR) is 60.0 cm³/mol. The van der Waals surface area contributed by atoms with E-state index in [9.17, 15) is 13.2 Å². The molecule has 2 N–H and O–H groups in total. The van der Waals surface area contributed by atoms with Gasteiger partial charge in [0.05, 0.1) is 0 Å². The minimum Gasteiger partial charge on any atom is -0.480 e. The number of carbonyl (C=O) groups is 1. The summed E-state index contributed by atoms with van der Waals surface area (Å²) in [7, 11) is -3.97. The van der Waals surface area contributed by atoms with Gasteiger partial charge in [0.2, 0.25) is 16.8 Å². The molecule has 8 heteroatoms. The minimum absolute atomic E-state index is 0.0592. The Bertz CT molecular complexity index is 582. The molecule has 98 valence electrons. The number of carboxylic acid groups (broad SMARTS) is 1. The highest BCUT2D eigenvalue weighted by molar-refractivity contribution is 7.89. The first kappa shape index (κ1) is 12.7. The van der Waals surface area contributed by atoms with Gasteiger partial charge in [-0.15, -0.1) is 0 Å². The highest BCUT2D eigenvalue weighted by Crippen LogP contribution is 2.37. The van der Waals surface area contributed by atoms with Crippen LogP contribution in [0, 0.1) is 0 Å². The van der Waals surface area contributed by atoms with E-state index in [2.05, 4.69) is 0 Å². The number of aliphatic carboxylic acids is 1. The Kier molecular flexibility index (Phi) is 3.14. The molecule has 0 bridgehead atoms. The van der Waals surface area contributed by atoms with Crippen LogP contribution in [0.5, 0.6) is 11.5 Å². The fourth-order valence-corrected chi connectivity index (χ4v) is 2.82. The SMILES string of the molecule is CC(NS(=O)(=O)c1cccc2c1OCO2)C(=O)O. The van der Waals surface area contributed by atoms with Gasteiger partial charge in [-0.3, -0.25) is 4.79 Å². The number of nitrogens with one attached hydrogen (secondary N) is 1. The molecule has 0 saturated carbocycles. The Morgan fingerprint density at radius 3 is 2.83 bits per heavy atom. The van der Waals surface area contributed by atoms with E-state index < -0.39 is 22.0 Å². The first-order chi connectivity index (χ1) is 8.42. The van der Waals surface area contributed by atoms with Crippen molar-refractivity contribution in [3.8, 4) is 11.5 Å². The third kappa shape index (κ3) is 2.24. The molecule has 7 nitrogen and oxygen atoms in total. The van der Waals surface area contributed by atoms with Gasteiger partial charge < -0.3 is 14.6 Å². The summed E-state index contributed by atoms with van der Waals surface area (Å²) in [5.41, 5.74) is 0. The van der Waals surface area contributed by atoms with Gasteiger partial charge in [-0.05, 0) is 19.1 Å². The Morgan fingerprint density at radius 1 is 1.44 bits per heavy atom. The molecule has 1 aliphatic rings. The maximum absolute atomic E-state index is 12.0. The van der Waals surface area contributed by atoms with Crippen molar-refractivity contribution in [2.75, 3.05) is 6.79 Å². The van der Waals surface area contributed by atoms with Crippen LogP contribution >= 0.6 is 0 Å². The normalized spacial score (nSPS) is 15.4. The summed E-state index contributed by atoms with van der Waals surface area (Å²) in [5.74, 6) is -0.841. The number of sulfonamides is 1. The molecule has 0 aromatic heterocycles. The molecule has 0 amide bonds. The molecular weight excluding hydrogens is 262 g/mol. The third-order valence-electron chi connectivity index (χ3n) is 2.35. The van der Waals surface area contributed by atoms with E-state index in [0.717, 1.165) is 0 Å². The molecule has 0 aliphatic carbocycles. The second-order valence-electron chi connectivity index (χ2n) is 3.67. The second kappa shape index (κ2) is 4.46. The van der Waals surface area contributed by atoms with Gasteiger partial charge in [0.25, 0.3) is 0 Å². The van der Waals surface area contributed by atoms with Gasteiger partial charge in [-0.25, -0.2) is 8.42 Å². The molecule has 18 heavy (non-hydrogen) atoms. The number of hydrogen-bond donors (Lipinski definition) is 2. The lowest BCUT2D eigenvalue weighted by Gasteiger charge is -2.11. The van der Waals surface area contributed by atoms with Crippen molar-refractivity contribution in [1.29, 1.82) is 0 Å². The van der Waals surface area contributed by atoms with Crippen LogP contribution in [-0.2, 0) is 14.8 Å². The summed E-state index contributed by atoms with van der Waals surface area (Å²) in [4.78, 5) is 10.5. The second-order valence-corrected chi connectivity index (χ2v) is 5.35. The summed E-state index contributed by atoms with van der Waals surface area (Å²) in [6.07, 6.45) is 0. The number of carboxylic acids is 1. The molecule has 0 spiro atoms. The van der Waals surface area contributed by atoms with Crippen LogP contribution in [0.2, 0.25) is 0 Å². The number of hydrogen-bond acceptors (Lipinski definition) is 5. The maximum Gasteiger partial charge on any atom is 0.321 e. The number of fused-ring (bicyclic) bond motifs is 1. The quantitative estimate of drug-likeness (QED) is 0.810. The average Bonchev–Trinajstić information content (AvgIpc) is 2.75. The molecule has 0 radical (unpaired) electrons. The van der Waals surface area contributed by atoms with Crippen LogP contribution in [0.25, 0.3) is 0 Å². The number of rotatable bonds is 4. The Morgan fingerprint density at radius 2 is 2.17 bits per heavy atom. The molecule has 1 aliphatic heterocycles. The number of benzene rings is 1. The van der Waals surface area contributed by atoms with E-state index >= 15 is 0 Å². The van der Waals surface area contributed by atoms with Crippen LogP contribution < -0.4 is 14.2 Å². The lowest BCUT2D eigenvalue weighted by molar-refractivity contribution is -0.138. The number of para-hydroxylation sites is 1. The zero-order valence-corrected chi connectivity index (χ0v) is 10.2. The Balaban J connectivity index is 2.37. The van der Waals surface area contributed by atoms with Crippen LogP contribution in [0.1, 0.15) is 6.92 Å². The van der Waals surface area contributed by atoms with Crippen molar-refractivity contribution < 1.29 is 27.8 Å². The molecule has 1 aromatic carbocycles. The van der Waals surface area contributed by atoms with Gasteiger partial charge in [0.1, 0.15) is 10.9 Å². The molecule has 1 unspecified atom stereocenters. The largest absolute Gasteiger partial charge is 0.480 e. The minimum atomic E-state index is -3.97. The predicted octanol–water partition coefficient (Wildman–Crippen LogP) is 0.167. The highest BCUT2D eigenvalue weighted by atomic mass is 32.2. The molecule has 2 rings (SSSR count). The maximum atomic E-state index is 12.0. The summed E-state index contributed by atoms with van der Waals surface area (Å²) >= 11 is 0. The van der Waals surface area contributed by atoms with Gasteiger partial charge in [0, 0.05) is 0 Å².